The van der Waals surface area contributed by atoms with Crippen LogP contribution in [0.5, 0.6) is 11.5 Å². The van der Waals surface area contributed by atoms with E-state index in [9.17, 15) is 9.59 Å². The molecule has 0 N–H and O–H groups in total. The number of hydrogen-bond acceptors (Lipinski definition) is 5. The van der Waals surface area contributed by atoms with Gasteiger partial charge in [0.1, 0.15) is 19.3 Å². The van der Waals surface area contributed by atoms with Gasteiger partial charge in [-0.3, -0.25) is 9.59 Å². The molecule has 5 atom stereocenters. The molecular formula is C19H19N3O4S2. The van der Waals surface area contributed by atoms with E-state index in [0.717, 1.165) is 5.56 Å². The highest BCUT2D eigenvalue weighted by Gasteiger charge is 2.82. The molecule has 9 heteroatoms. The zero-order valence-electron chi connectivity index (χ0n) is 15.7. The molecule has 1 aromatic rings. The van der Waals surface area contributed by atoms with E-state index in [4.69, 9.17) is 27.2 Å². The van der Waals surface area contributed by atoms with Crippen LogP contribution < -0.4 is 9.47 Å². The Morgan fingerprint density at radius 1 is 1.21 bits per heavy atom. The van der Waals surface area contributed by atoms with Crippen molar-refractivity contribution in [1.29, 1.82) is 0 Å². The molecule has 1 spiro atoms. The summed E-state index contributed by atoms with van der Waals surface area (Å²) in [5.74, 6) is 0.927. The second-order valence-corrected chi connectivity index (χ2v) is 11.0. The average Bonchev–Trinajstić information content (AvgIpc) is 3.13. The minimum Gasteiger partial charge on any atom is -0.486 e. The third kappa shape index (κ3) is 1.72. The summed E-state index contributed by atoms with van der Waals surface area (Å²) in [6.45, 7) is 12.4. The van der Waals surface area contributed by atoms with E-state index in [1.807, 2.05) is 19.1 Å². The first-order valence-electron chi connectivity index (χ1n) is 9.04. The fourth-order valence-electron chi connectivity index (χ4n) is 5.04. The molecule has 2 bridgehead atoms. The first kappa shape index (κ1) is 17.9. The summed E-state index contributed by atoms with van der Waals surface area (Å²) in [6, 6.07) is 4.93. The van der Waals surface area contributed by atoms with Crippen molar-refractivity contribution in [2.24, 2.45) is 0 Å². The van der Waals surface area contributed by atoms with Crippen LogP contribution in [0.2, 0.25) is 0 Å². The van der Waals surface area contributed by atoms with Crippen molar-refractivity contribution < 1.29 is 19.1 Å². The molecule has 146 valence electrons. The highest BCUT2D eigenvalue weighted by Crippen LogP contribution is 2.63. The number of fused-ring (bicyclic) bond motifs is 2. The summed E-state index contributed by atoms with van der Waals surface area (Å²) in [6.07, 6.45) is 0.250. The molecule has 0 aliphatic carbocycles. The van der Waals surface area contributed by atoms with E-state index < -0.39 is 30.8 Å². The van der Waals surface area contributed by atoms with Crippen molar-refractivity contribution in [2.75, 3.05) is 20.3 Å². The van der Waals surface area contributed by atoms with Crippen LogP contribution in [-0.2, 0) is 30.2 Å². The number of amides is 2. The van der Waals surface area contributed by atoms with Crippen molar-refractivity contribution in [3.63, 3.8) is 0 Å². The normalized spacial score (nSPS) is 40.6. The van der Waals surface area contributed by atoms with Crippen molar-refractivity contribution in [2.45, 2.75) is 41.6 Å². The lowest BCUT2D eigenvalue weighted by atomic mass is 9.87. The summed E-state index contributed by atoms with van der Waals surface area (Å²) in [5.41, 5.74) is -0.183. The van der Waals surface area contributed by atoms with Gasteiger partial charge in [-0.1, -0.05) is 6.07 Å². The average molecular weight is 418 g/mol. The Hall–Kier alpha value is -2.18. The largest absolute Gasteiger partial charge is 0.486 e. The molecule has 5 rings (SSSR count). The Morgan fingerprint density at radius 3 is 2.57 bits per heavy atom. The van der Waals surface area contributed by atoms with Gasteiger partial charge in [-0.05, 0) is 45.3 Å². The molecule has 28 heavy (non-hydrogen) atoms. The van der Waals surface area contributed by atoms with Crippen LogP contribution in [-0.4, -0.2) is 57.2 Å². The minimum atomic E-state index is -1.12. The topological polar surface area (TPSA) is 63.4 Å². The summed E-state index contributed by atoms with van der Waals surface area (Å²) in [5, 5.41) is 0. The molecule has 0 saturated carbocycles. The maximum atomic E-state index is 13.5. The van der Waals surface area contributed by atoms with Gasteiger partial charge in [0.05, 0.1) is 6.42 Å². The Kier molecular flexibility index (Phi) is 3.35. The third-order valence-corrected chi connectivity index (χ3v) is 10.6. The second-order valence-electron chi connectivity index (χ2n) is 8.03. The molecule has 4 aliphatic rings. The summed E-state index contributed by atoms with van der Waals surface area (Å²) >= 11 is 5.79. The van der Waals surface area contributed by atoms with Crippen molar-refractivity contribution in [1.82, 2.24) is 9.80 Å². The van der Waals surface area contributed by atoms with Crippen molar-refractivity contribution in [3.05, 3.63) is 35.2 Å². The Morgan fingerprint density at radius 2 is 1.89 bits per heavy atom. The van der Waals surface area contributed by atoms with Gasteiger partial charge in [0.2, 0.25) is 0 Å². The van der Waals surface area contributed by atoms with Gasteiger partial charge in [0, 0.05) is 14.0 Å². The van der Waals surface area contributed by atoms with E-state index in [-0.39, 0.29) is 18.2 Å². The van der Waals surface area contributed by atoms with Gasteiger partial charge in [-0.15, -0.1) is 0 Å². The van der Waals surface area contributed by atoms with Crippen molar-refractivity contribution >= 4 is 32.5 Å². The molecule has 0 radical (unpaired) electrons. The number of benzene rings is 1. The fraction of sp³-hybridized carbons (Fsp3) is 0.526. The van der Waals surface area contributed by atoms with Crippen LogP contribution in [0.3, 0.4) is 0 Å². The molecule has 3 saturated heterocycles. The fourth-order valence-corrected chi connectivity index (χ4v) is 8.55. The van der Waals surface area contributed by atoms with E-state index >= 15 is 0 Å². The van der Waals surface area contributed by atoms with Gasteiger partial charge >= 0.3 is 0 Å². The number of hydrogen-bond donors (Lipinski definition) is 0. The summed E-state index contributed by atoms with van der Waals surface area (Å²) in [4.78, 5) is 31.7. The van der Waals surface area contributed by atoms with E-state index in [1.54, 1.807) is 24.9 Å². The molecule has 2 amide bonds. The number of carbonyl (C=O) groups is 2. The zero-order chi connectivity index (χ0) is 20.1. The number of rotatable bonds is 1. The standard InChI is InChI=1S/C19H19N3O4S2/c1-17(20-3)10-19-16(24)21(4)18(2,28(19)27)15(23)22(19)14(17)11-5-6-12-13(9-11)26-8-7-25-12/h5-6,9,14H,7-8,10H2,1-2,4H3/t14?,17-,18?,19?,28?/m0/s1. The molecule has 1 aromatic carbocycles. The van der Waals surface area contributed by atoms with Crippen LogP contribution >= 0.6 is 0 Å². The maximum absolute atomic E-state index is 13.5. The lowest BCUT2D eigenvalue weighted by Gasteiger charge is -2.39. The maximum Gasteiger partial charge on any atom is 0.261 e. The second kappa shape index (κ2) is 5.24. The lowest BCUT2D eigenvalue weighted by Crippen LogP contribution is -2.60. The molecular weight excluding hydrogens is 398 g/mol. The lowest BCUT2D eigenvalue weighted by molar-refractivity contribution is -0.159. The van der Waals surface area contributed by atoms with Crippen LogP contribution in [0.15, 0.2) is 18.2 Å². The monoisotopic (exact) mass is 417 g/mol. The predicted octanol–water partition coefficient (Wildman–Crippen LogP) is 1.39. The van der Waals surface area contributed by atoms with Gasteiger partial charge in [-0.2, -0.15) is 0 Å². The molecule has 4 aliphatic heterocycles. The minimum absolute atomic E-state index is 0.150. The number of piperazine rings is 1. The SMILES string of the molecule is [C-]#[N+][C@@]1(C)CC23C(=O)N(C)C(C)(C(=O)N2C1c1ccc2c(c1)OCCO2)S3=S. The van der Waals surface area contributed by atoms with E-state index in [1.165, 1.54) is 4.90 Å². The van der Waals surface area contributed by atoms with Gasteiger partial charge in [-0.25, -0.2) is 6.57 Å². The molecule has 4 unspecified atom stereocenters. The quantitative estimate of drug-likeness (QED) is 0.646. The zero-order valence-corrected chi connectivity index (χ0v) is 17.4. The molecule has 7 nitrogen and oxygen atoms in total. The van der Waals surface area contributed by atoms with Crippen molar-refractivity contribution in [3.8, 4) is 11.5 Å². The number of likely N-dealkylation sites (N-methyl/N-ethyl adjacent to an activating group) is 1. The van der Waals surface area contributed by atoms with Crippen LogP contribution in [0.4, 0.5) is 0 Å². The smallest absolute Gasteiger partial charge is 0.261 e. The van der Waals surface area contributed by atoms with Crippen LogP contribution in [0.25, 0.3) is 4.85 Å². The molecule has 4 heterocycles. The highest BCUT2D eigenvalue weighted by atomic mass is 32.8. The van der Waals surface area contributed by atoms with E-state index in [0.29, 0.717) is 24.7 Å². The van der Waals surface area contributed by atoms with Gasteiger partial charge in [0.25, 0.3) is 17.4 Å². The predicted molar refractivity (Wildman–Crippen MR) is 105 cm³/mol. The Balaban J connectivity index is 1.71. The van der Waals surface area contributed by atoms with Gasteiger partial charge < -0.3 is 24.1 Å². The number of ether oxygens (including phenoxy) is 2. The first-order valence-corrected chi connectivity index (χ1v) is 11.2. The first-order chi connectivity index (χ1) is 13.2. The van der Waals surface area contributed by atoms with E-state index in [2.05, 4.69) is 4.85 Å². The highest BCUT2D eigenvalue weighted by molar-refractivity contribution is 8.31. The van der Waals surface area contributed by atoms with Crippen LogP contribution in [0, 0.1) is 6.57 Å². The number of carbonyl (C=O) groups excluding carboxylic acids is 2. The Bertz CT molecular complexity index is 1020. The third-order valence-electron chi connectivity index (χ3n) is 6.53. The summed E-state index contributed by atoms with van der Waals surface area (Å²) < 4.78 is 11.3. The Labute approximate surface area is 170 Å². The summed E-state index contributed by atoms with van der Waals surface area (Å²) in [7, 11) is 0.703. The molecule has 3 fully saturated rings. The molecule has 0 aromatic heterocycles. The van der Waals surface area contributed by atoms with Gasteiger partial charge in [0.15, 0.2) is 21.2 Å². The van der Waals surface area contributed by atoms with Crippen LogP contribution in [0.1, 0.15) is 31.9 Å². The number of nitrogens with zero attached hydrogens (tertiary/aromatic N) is 3.